The van der Waals surface area contributed by atoms with Crippen molar-refractivity contribution < 1.29 is 13.2 Å². The highest BCUT2D eigenvalue weighted by Crippen LogP contribution is 2.21. The number of benzene rings is 2. The van der Waals surface area contributed by atoms with Gasteiger partial charge in [0.25, 0.3) is 0 Å². The number of guanidine groups is 1. The number of piperidine rings is 1. The topological polar surface area (TPSA) is 97.0 Å². The van der Waals surface area contributed by atoms with Gasteiger partial charge in [-0.05, 0) is 68.7 Å². The number of nitrogens with zero attached hydrogens (tertiary/aromatic N) is 2. The van der Waals surface area contributed by atoms with Crippen LogP contribution in [-0.2, 0) is 16.6 Å². The second kappa shape index (κ2) is 11.7. The zero-order valence-electron chi connectivity index (χ0n) is 18.0. The van der Waals surface area contributed by atoms with Crippen LogP contribution in [0.25, 0.3) is 0 Å². The lowest BCUT2D eigenvalue weighted by Crippen LogP contribution is -2.35. The van der Waals surface area contributed by atoms with Gasteiger partial charge < -0.3 is 15.8 Å². The largest absolute Gasteiger partial charge is 0.491 e. The highest BCUT2D eigenvalue weighted by molar-refractivity contribution is 14.0. The second-order valence-electron chi connectivity index (χ2n) is 7.63. The average Bonchev–Trinajstić information content (AvgIpc) is 2.74. The molecule has 0 aromatic heterocycles. The van der Waals surface area contributed by atoms with Crippen molar-refractivity contribution >= 4 is 45.6 Å². The first-order valence-electron chi connectivity index (χ1n) is 10.3. The third-order valence-corrected chi connectivity index (χ3v) is 6.72. The van der Waals surface area contributed by atoms with Crippen LogP contribution >= 0.6 is 24.0 Å². The number of nitrogens with two attached hydrogens (primary N) is 1. The minimum Gasteiger partial charge on any atom is -0.491 e. The molecule has 7 nitrogen and oxygen atoms in total. The molecule has 1 aliphatic heterocycles. The summed E-state index contributed by atoms with van der Waals surface area (Å²) in [5.41, 5.74) is 7.68. The molecule has 1 fully saturated rings. The second-order valence-corrected chi connectivity index (χ2v) is 9.56. The summed E-state index contributed by atoms with van der Waals surface area (Å²) in [6.45, 7) is 5.51. The minimum absolute atomic E-state index is 0. The van der Waals surface area contributed by atoms with Crippen LogP contribution < -0.4 is 15.8 Å². The Balaban J connectivity index is 0.00000341. The van der Waals surface area contributed by atoms with Crippen molar-refractivity contribution in [2.24, 2.45) is 10.7 Å². The number of sulfonamides is 1. The molecule has 3 rings (SSSR count). The first kappa shape index (κ1) is 25.4. The maximum Gasteiger partial charge on any atom is 0.243 e. The monoisotopic (exact) mass is 558 g/mol. The highest BCUT2D eigenvalue weighted by atomic mass is 127. The van der Waals surface area contributed by atoms with Crippen molar-refractivity contribution in [3.8, 4) is 5.75 Å². The lowest BCUT2D eigenvalue weighted by atomic mass is 10.2. The highest BCUT2D eigenvalue weighted by Gasteiger charge is 2.25. The van der Waals surface area contributed by atoms with E-state index in [2.05, 4.69) is 10.3 Å². The molecule has 31 heavy (non-hydrogen) atoms. The summed E-state index contributed by atoms with van der Waals surface area (Å²) in [7, 11) is -3.41. The van der Waals surface area contributed by atoms with Crippen molar-refractivity contribution in [1.82, 2.24) is 4.31 Å². The van der Waals surface area contributed by atoms with Crippen molar-refractivity contribution in [3.05, 3.63) is 54.1 Å². The Bertz CT molecular complexity index is 955. The zero-order chi connectivity index (χ0) is 21.6. The summed E-state index contributed by atoms with van der Waals surface area (Å²) in [4.78, 5) is 4.66. The van der Waals surface area contributed by atoms with Crippen molar-refractivity contribution in [3.63, 3.8) is 0 Å². The van der Waals surface area contributed by atoms with Crippen LogP contribution in [0.3, 0.4) is 0 Å². The molecular weight excluding hydrogens is 527 g/mol. The van der Waals surface area contributed by atoms with E-state index >= 15 is 0 Å². The standard InChI is InChI=1S/C22H30N4O3S.HI/c1-17(2)29-20-10-8-19(9-11-20)25-22(23)24-16-18-6-12-21(13-7-18)30(27,28)26-14-4-3-5-15-26;/h6-13,17H,3-5,14-16H2,1-2H3,(H3,23,24,25);1H. The lowest BCUT2D eigenvalue weighted by Gasteiger charge is -2.25. The summed E-state index contributed by atoms with van der Waals surface area (Å²) in [6, 6.07) is 14.4. The van der Waals surface area contributed by atoms with Crippen molar-refractivity contribution in [2.45, 2.75) is 50.7 Å². The Kier molecular flexibility index (Phi) is 9.57. The van der Waals surface area contributed by atoms with Crippen molar-refractivity contribution in [1.29, 1.82) is 0 Å². The van der Waals surface area contributed by atoms with Gasteiger partial charge in [0, 0.05) is 18.8 Å². The lowest BCUT2D eigenvalue weighted by molar-refractivity contribution is 0.242. The normalized spacial score (nSPS) is 15.4. The van der Waals surface area contributed by atoms with E-state index in [-0.39, 0.29) is 36.0 Å². The predicted molar refractivity (Wildman–Crippen MR) is 136 cm³/mol. The van der Waals surface area contributed by atoms with E-state index in [0.717, 1.165) is 36.3 Å². The summed E-state index contributed by atoms with van der Waals surface area (Å²) >= 11 is 0. The number of nitrogens with one attached hydrogen (secondary N) is 1. The molecule has 2 aromatic rings. The quantitative estimate of drug-likeness (QED) is 0.302. The first-order valence-corrected chi connectivity index (χ1v) is 11.7. The molecule has 0 saturated carbocycles. The van der Waals surface area contributed by atoms with E-state index in [9.17, 15) is 8.42 Å². The van der Waals surface area contributed by atoms with Crippen LogP contribution in [0.15, 0.2) is 58.4 Å². The van der Waals surface area contributed by atoms with Crippen LogP contribution in [0.5, 0.6) is 5.75 Å². The summed E-state index contributed by atoms with van der Waals surface area (Å²) in [5, 5.41) is 3.04. The molecule has 2 aromatic carbocycles. The Morgan fingerprint density at radius 1 is 1.06 bits per heavy atom. The van der Waals surface area contributed by atoms with E-state index in [4.69, 9.17) is 10.5 Å². The first-order chi connectivity index (χ1) is 14.3. The molecular formula is C22H31IN4O3S. The van der Waals surface area contributed by atoms with Crippen LogP contribution in [0.4, 0.5) is 5.69 Å². The molecule has 1 saturated heterocycles. The van der Waals surface area contributed by atoms with Gasteiger partial charge >= 0.3 is 0 Å². The predicted octanol–water partition coefficient (Wildman–Crippen LogP) is 4.19. The Morgan fingerprint density at radius 3 is 2.26 bits per heavy atom. The van der Waals surface area contributed by atoms with Gasteiger partial charge in [-0.25, -0.2) is 13.4 Å². The van der Waals surface area contributed by atoms with Gasteiger partial charge in [0.2, 0.25) is 10.0 Å². The maximum absolute atomic E-state index is 12.7. The Morgan fingerprint density at radius 2 is 1.68 bits per heavy atom. The molecule has 0 aliphatic carbocycles. The number of ether oxygens (including phenoxy) is 1. The molecule has 1 heterocycles. The summed E-state index contributed by atoms with van der Waals surface area (Å²) in [6.07, 6.45) is 3.06. The minimum atomic E-state index is -3.41. The third-order valence-electron chi connectivity index (χ3n) is 4.81. The molecule has 3 N–H and O–H groups in total. The fraction of sp³-hybridized carbons (Fsp3) is 0.409. The van der Waals surface area contributed by atoms with Crippen molar-refractivity contribution in [2.75, 3.05) is 18.4 Å². The van der Waals surface area contributed by atoms with Gasteiger partial charge in [-0.15, -0.1) is 24.0 Å². The van der Waals surface area contributed by atoms with E-state index in [1.165, 1.54) is 0 Å². The summed E-state index contributed by atoms with van der Waals surface area (Å²) < 4.78 is 32.6. The molecule has 0 radical (unpaired) electrons. The van der Waals surface area contributed by atoms with Gasteiger partial charge in [0.05, 0.1) is 17.5 Å². The Labute approximate surface area is 202 Å². The fourth-order valence-corrected chi connectivity index (χ4v) is 4.79. The summed E-state index contributed by atoms with van der Waals surface area (Å²) in [5.74, 6) is 1.09. The van der Waals surface area contributed by atoms with Crippen LogP contribution in [0, 0.1) is 0 Å². The van der Waals surface area contributed by atoms with Crippen LogP contribution in [-0.4, -0.2) is 37.9 Å². The van der Waals surface area contributed by atoms with E-state index in [1.54, 1.807) is 28.6 Å². The molecule has 9 heteroatoms. The third kappa shape index (κ3) is 7.36. The smallest absolute Gasteiger partial charge is 0.243 e. The molecule has 0 bridgehead atoms. The number of halogens is 1. The molecule has 0 amide bonds. The zero-order valence-corrected chi connectivity index (χ0v) is 21.1. The number of hydrogen-bond acceptors (Lipinski definition) is 4. The maximum atomic E-state index is 12.7. The van der Waals surface area contributed by atoms with E-state index in [0.29, 0.717) is 24.5 Å². The number of hydrogen-bond donors (Lipinski definition) is 2. The SMILES string of the molecule is CC(C)Oc1ccc(NC(N)=NCc2ccc(S(=O)(=O)N3CCCCC3)cc2)cc1.I. The molecule has 1 aliphatic rings. The average molecular weight is 558 g/mol. The molecule has 0 unspecified atom stereocenters. The molecule has 0 atom stereocenters. The number of aliphatic imine (C=N–C) groups is 1. The van der Waals surface area contributed by atoms with Crippen LogP contribution in [0.1, 0.15) is 38.7 Å². The fourth-order valence-electron chi connectivity index (χ4n) is 3.27. The molecule has 0 spiro atoms. The van der Waals surface area contributed by atoms with Gasteiger partial charge in [0.15, 0.2) is 5.96 Å². The van der Waals surface area contributed by atoms with Gasteiger partial charge in [-0.1, -0.05) is 18.6 Å². The van der Waals surface area contributed by atoms with E-state index in [1.807, 2.05) is 38.1 Å². The van der Waals surface area contributed by atoms with Gasteiger partial charge in [-0.3, -0.25) is 0 Å². The van der Waals surface area contributed by atoms with Crippen LogP contribution in [0.2, 0.25) is 0 Å². The number of rotatable bonds is 7. The number of anilines is 1. The Hall–Kier alpha value is -1.85. The van der Waals surface area contributed by atoms with E-state index < -0.39 is 10.0 Å². The van der Waals surface area contributed by atoms with Gasteiger partial charge in [-0.2, -0.15) is 4.31 Å². The molecule has 170 valence electrons. The van der Waals surface area contributed by atoms with Gasteiger partial charge in [0.1, 0.15) is 5.75 Å².